The number of carbonyl (C=O) groups is 2. The van der Waals surface area contributed by atoms with Crippen LogP contribution in [-0.4, -0.2) is 38.0 Å². The summed E-state index contributed by atoms with van der Waals surface area (Å²) in [5.41, 5.74) is 2.15. The van der Waals surface area contributed by atoms with E-state index >= 15 is 0 Å². The minimum atomic E-state index is -0.288. The Bertz CT molecular complexity index is 875. The summed E-state index contributed by atoms with van der Waals surface area (Å²) < 4.78 is 0. The van der Waals surface area contributed by atoms with Gasteiger partial charge < -0.3 is 15.5 Å². The Morgan fingerprint density at radius 1 is 1.19 bits per heavy atom. The molecule has 0 saturated carbocycles. The van der Waals surface area contributed by atoms with Crippen LogP contribution in [0.1, 0.15) is 12.8 Å². The smallest absolute Gasteiger partial charge is 0.227 e. The average Bonchev–Trinajstić information content (AvgIpc) is 3.08. The van der Waals surface area contributed by atoms with E-state index in [0.717, 1.165) is 36.0 Å². The summed E-state index contributed by atoms with van der Waals surface area (Å²) in [5, 5.41) is 8.42. The minimum Gasteiger partial charge on any atom is -0.352 e. The number of nitrogens with one attached hydrogen (secondary N) is 2. The van der Waals surface area contributed by atoms with Crippen LogP contribution in [0, 0.1) is 5.92 Å². The zero-order valence-electron chi connectivity index (χ0n) is 15.1. The van der Waals surface area contributed by atoms with Crippen LogP contribution in [0.4, 0.5) is 5.69 Å². The molecule has 27 heavy (non-hydrogen) atoms. The normalized spacial score (nSPS) is 19.6. The molecular formula is C21H24ClN3O2. The first-order valence-corrected chi connectivity index (χ1v) is 9.17. The van der Waals surface area contributed by atoms with Crippen molar-refractivity contribution in [2.45, 2.75) is 12.8 Å². The first-order chi connectivity index (χ1) is 12.7. The molecule has 5 nitrogen and oxygen atoms in total. The molecule has 0 aromatic heterocycles. The maximum atomic E-state index is 12.6. The second-order valence-electron chi connectivity index (χ2n) is 6.94. The van der Waals surface area contributed by atoms with Crippen molar-refractivity contribution in [3.05, 3.63) is 54.1 Å². The summed E-state index contributed by atoms with van der Waals surface area (Å²) in [6, 6.07) is 14.0. The maximum absolute atomic E-state index is 12.6. The lowest BCUT2D eigenvalue weighted by Gasteiger charge is -2.19. The molecule has 4 rings (SSSR count). The van der Waals surface area contributed by atoms with Crippen molar-refractivity contribution < 1.29 is 9.59 Å². The molecule has 0 aliphatic carbocycles. The first-order valence-electron chi connectivity index (χ1n) is 9.17. The van der Waals surface area contributed by atoms with Gasteiger partial charge in [-0.3, -0.25) is 9.59 Å². The Kier molecular flexibility index (Phi) is 6.14. The fourth-order valence-corrected chi connectivity index (χ4v) is 3.73. The van der Waals surface area contributed by atoms with Crippen molar-refractivity contribution in [2.24, 2.45) is 5.92 Å². The second kappa shape index (κ2) is 8.55. The Morgan fingerprint density at radius 3 is 2.81 bits per heavy atom. The molecule has 2 N–H and O–H groups in total. The molecule has 0 radical (unpaired) electrons. The topological polar surface area (TPSA) is 61.4 Å². The van der Waals surface area contributed by atoms with Gasteiger partial charge in [0.1, 0.15) is 0 Å². The number of hydrogen-bond donors (Lipinski definition) is 2. The van der Waals surface area contributed by atoms with Gasteiger partial charge in [-0.05, 0) is 24.4 Å². The van der Waals surface area contributed by atoms with Gasteiger partial charge in [0.25, 0.3) is 0 Å². The van der Waals surface area contributed by atoms with Crippen molar-refractivity contribution in [1.29, 1.82) is 0 Å². The van der Waals surface area contributed by atoms with Crippen LogP contribution in [0.2, 0.25) is 0 Å². The number of nitrogens with zero attached hydrogens (tertiary/aromatic N) is 1. The van der Waals surface area contributed by atoms with E-state index in [4.69, 9.17) is 0 Å². The summed E-state index contributed by atoms with van der Waals surface area (Å²) in [4.78, 5) is 26.9. The van der Waals surface area contributed by atoms with Crippen molar-refractivity contribution in [3.63, 3.8) is 0 Å². The zero-order chi connectivity index (χ0) is 17.9. The van der Waals surface area contributed by atoms with Gasteiger partial charge in [-0.1, -0.05) is 48.0 Å². The molecule has 2 aromatic carbocycles. The third kappa shape index (κ3) is 4.15. The van der Waals surface area contributed by atoms with Gasteiger partial charge in [0, 0.05) is 31.4 Å². The lowest BCUT2D eigenvalue weighted by Crippen LogP contribution is -2.35. The highest BCUT2D eigenvalue weighted by Gasteiger charge is 2.35. The molecule has 2 aromatic rings. The molecule has 0 bridgehead atoms. The number of halogens is 1. The molecule has 0 spiro atoms. The lowest BCUT2D eigenvalue weighted by molar-refractivity contribution is -0.126. The van der Waals surface area contributed by atoms with E-state index in [1.54, 1.807) is 4.90 Å². The monoisotopic (exact) mass is 385 g/mol. The van der Waals surface area contributed by atoms with Crippen LogP contribution in [0.15, 0.2) is 54.1 Å². The van der Waals surface area contributed by atoms with Crippen LogP contribution in [0.3, 0.4) is 0 Å². The van der Waals surface area contributed by atoms with Crippen LogP contribution in [0.25, 0.3) is 10.8 Å². The van der Waals surface area contributed by atoms with Gasteiger partial charge in [-0.15, -0.1) is 12.4 Å². The molecule has 1 atom stereocenters. The SMILES string of the molecule is Cl.O=C(NCC1=CCNCC1)C1CC(=O)N(c2cccc3ccccc23)C1. The highest BCUT2D eigenvalue weighted by Crippen LogP contribution is 2.31. The van der Waals surface area contributed by atoms with E-state index in [1.807, 2.05) is 42.5 Å². The fourth-order valence-electron chi connectivity index (χ4n) is 3.73. The first kappa shape index (κ1) is 19.4. The minimum absolute atomic E-state index is 0. The van der Waals surface area contributed by atoms with Crippen molar-refractivity contribution >= 4 is 40.7 Å². The van der Waals surface area contributed by atoms with Crippen molar-refractivity contribution in [3.8, 4) is 0 Å². The predicted molar refractivity (Wildman–Crippen MR) is 110 cm³/mol. The highest BCUT2D eigenvalue weighted by atomic mass is 35.5. The van der Waals surface area contributed by atoms with Crippen molar-refractivity contribution in [2.75, 3.05) is 31.1 Å². The van der Waals surface area contributed by atoms with Crippen LogP contribution in [-0.2, 0) is 9.59 Å². The number of hydrogen-bond acceptors (Lipinski definition) is 3. The summed E-state index contributed by atoms with van der Waals surface area (Å²) in [6.07, 6.45) is 3.37. The highest BCUT2D eigenvalue weighted by molar-refractivity contribution is 6.07. The molecular weight excluding hydrogens is 362 g/mol. The van der Waals surface area contributed by atoms with Crippen LogP contribution in [0.5, 0.6) is 0 Å². The summed E-state index contributed by atoms with van der Waals surface area (Å²) >= 11 is 0. The predicted octanol–water partition coefficient (Wildman–Crippen LogP) is 2.65. The fraction of sp³-hybridized carbons (Fsp3) is 0.333. The Morgan fingerprint density at radius 2 is 2.00 bits per heavy atom. The Hall–Kier alpha value is -2.37. The van der Waals surface area contributed by atoms with E-state index in [0.29, 0.717) is 13.1 Å². The second-order valence-corrected chi connectivity index (χ2v) is 6.94. The number of amides is 2. The van der Waals surface area contributed by atoms with E-state index in [2.05, 4.69) is 16.7 Å². The van der Waals surface area contributed by atoms with Gasteiger partial charge in [0.05, 0.1) is 11.6 Å². The van der Waals surface area contributed by atoms with Crippen LogP contribution < -0.4 is 15.5 Å². The van der Waals surface area contributed by atoms with Gasteiger partial charge in [0.2, 0.25) is 11.8 Å². The van der Waals surface area contributed by atoms with Crippen LogP contribution >= 0.6 is 12.4 Å². The standard InChI is InChI=1S/C21H23N3O2.ClH/c25-20-12-17(21(26)23-13-15-8-10-22-11-9-15)14-24(20)19-7-3-5-16-4-1-2-6-18(16)19;/h1-8,17,22H,9-14H2,(H,23,26);1H. The number of rotatable bonds is 4. The summed E-state index contributed by atoms with van der Waals surface area (Å²) in [6.45, 7) is 2.85. The molecule has 2 amide bonds. The number of fused-ring (bicyclic) bond motifs is 1. The number of anilines is 1. The quantitative estimate of drug-likeness (QED) is 0.795. The summed E-state index contributed by atoms with van der Waals surface area (Å²) in [5.74, 6) is -0.299. The third-order valence-corrected chi connectivity index (χ3v) is 5.20. The zero-order valence-corrected chi connectivity index (χ0v) is 15.9. The van der Waals surface area contributed by atoms with E-state index in [1.165, 1.54) is 5.57 Å². The Balaban J connectivity index is 0.00000210. The molecule has 6 heteroatoms. The van der Waals surface area contributed by atoms with Gasteiger partial charge >= 0.3 is 0 Å². The number of carbonyl (C=O) groups excluding carboxylic acids is 2. The molecule has 2 heterocycles. The maximum Gasteiger partial charge on any atom is 0.227 e. The summed E-state index contributed by atoms with van der Waals surface area (Å²) in [7, 11) is 0. The lowest BCUT2D eigenvalue weighted by atomic mass is 10.1. The largest absolute Gasteiger partial charge is 0.352 e. The average molecular weight is 386 g/mol. The van der Waals surface area contributed by atoms with E-state index in [-0.39, 0.29) is 36.6 Å². The van der Waals surface area contributed by atoms with Crippen molar-refractivity contribution in [1.82, 2.24) is 10.6 Å². The molecule has 1 fully saturated rings. The van der Waals surface area contributed by atoms with E-state index < -0.39 is 0 Å². The third-order valence-electron chi connectivity index (χ3n) is 5.20. The van der Waals surface area contributed by atoms with E-state index in [9.17, 15) is 9.59 Å². The molecule has 142 valence electrons. The molecule has 1 saturated heterocycles. The molecule has 2 aliphatic heterocycles. The van der Waals surface area contributed by atoms with Gasteiger partial charge in [-0.25, -0.2) is 0 Å². The molecule has 2 aliphatic rings. The number of benzene rings is 2. The Labute approximate surface area is 165 Å². The molecule has 1 unspecified atom stereocenters. The van der Waals surface area contributed by atoms with Gasteiger partial charge in [0.15, 0.2) is 0 Å². The van der Waals surface area contributed by atoms with Gasteiger partial charge in [-0.2, -0.15) is 0 Å².